The summed E-state index contributed by atoms with van der Waals surface area (Å²) >= 11 is 0. The van der Waals surface area contributed by atoms with Crippen molar-refractivity contribution in [1.82, 2.24) is 15.0 Å². The molecule has 1 N–H and O–H groups in total. The maximum absolute atomic E-state index is 13.2. The van der Waals surface area contributed by atoms with E-state index >= 15 is 0 Å². The Balaban J connectivity index is 1.66. The molecule has 0 aliphatic carbocycles. The van der Waals surface area contributed by atoms with Gasteiger partial charge in [0.2, 0.25) is 5.82 Å². The van der Waals surface area contributed by atoms with Gasteiger partial charge in [-0.15, -0.1) is 0 Å². The molecule has 1 aromatic heterocycles. The highest BCUT2D eigenvalue weighted by Crippen LogP contribution is 2.22. The van der Waals surface area contributed by atoms with E-state index < -0.39 is 5.91 Å². The number of aromatic nitrogens is 2. The average Bonchev–Trinajstić information content (AvgIpc) is 2.84. The molecule has 0 atom stereocenters. The zero-order chi connectivity index (χ0) is 24.3. The number of amides is 1. The van der Waals surface area contributed by atoms with Gasteiger partial charge in [0.05, 0.1) is 23.2 Å². The topological polar surface area (TPSA) is 76.3 Å². The third-order valence-corrected chi connectivity index (χ3v) is 5.74. The van der Waals surface area contributed by atoms with Crippen LogP contribution >= 0.6 is 0 Å². The van der Waals surface area contributed by atoms with Crippen LogP contribution in [-0.2, 0) is 12.0 Å². The Kier molecular flexibility index (Phi) is 6.41. The molecule has 0 bridgehead atoms. The maximum Gasteiger partial charge on any atom is 0.307 e. The molecule has 6 nitrogen and oxygen atoms in total. The van der Waals surface area contributed by atoms with Gasteiger partial charge in [0.1, 0.15) is 0 Å². The van der Waals surface area contributed by atoms with Gasteiger partial charge in [0.25, 0.3) is 5.56 Å². The number of hydrazone groups is 1. The van der Waals surface area contributed by atoms with Crippen molar-refractivity contribution in [1.29, 1.82) is 0 Å². The smallest absolute Gasteiger partial charge is 0.283 e. The van der Waals surface area contributed by atoms with Gasteiger partial charge in [0, 0.05) is 0 Å². The van der Waals surface area contributed by atoms with Crippen LogP contribution in [0.2, 0.25) is 0 Å². The highest BCUT2D eigenvalue weighted by Gasteiger charge is 2.18. The molecule has 4 rings (SSSR count). The van der Waals surface area contributed by atoms with Crippen molar-refractivity contribution in [3.63, 3.8) is 0 Å². The number of benzene rings is 3. The van der Waals surface area contributed by atoms with Crippen molar-refractivity contribution in [3.8, 4) is 0 Å². The largest absolute Gasteiger partial charge is 0.307 e. The van der Waals surface area contributed by atoms with E-state index in [1.165, 1.54) is 10.1 Å². The molecular formula is C28H28N4O2. The fraction of sp³-hybridized carbons (Fsp3) is 0.214. The first-order valence-corrected chi connectivity index (χ1v) is 11.2. The van der Waals surface area contributed by atoms with Crippen LogP contribution < -0.4 is 11.0 Å². The summed E-state index contributed by atoms with van der Waals surface area (Å²) in [6.45, 7) is 8.55. The lowest BCUT2D eigenvalue weighted by atomic mass is 9.86. The quantitative estimate of drug-likeness (QED) is 0.346. The molecule has 0 aliphatic heterocycles. The lowest BCUT2D eigenvalue weighted by Gasteiger charge is -2.19. The Hall–Kier alpha value is -4.06. The molecular weight excluding hydrogens is 424 g/mol. The number of fused-ring (bicyclic) bond motifs is 1. The monoisotopic (exact) mass is 452 g/mol. The van der Waals surface area contributed by atoms with Crippen molar-refractivity contribution >= 4 is 22.5 Å². The molecule has 1 heterocycles. The van der Waals surface area contributed by atoms with E-state index in [-0.39, 0.29) is 23.3 Å². The summed E-state index contributed by atoms with van der Waals surface area (Å²) in [5.74, 6) is -0.517. The first-order valence-electron chi connectivity index (χ1n) is 11.2. The van der Waals surface area contributed by atoms with Gasteiger partial charge in [-0.2, -0.15) is 5.10 Å². The van der Waals surface area contributed by atoms with Gasteiger partial charge in [-0.1, -0.05) is 87.5 Å². The predicted molar refractivity (Wildman–Crippen MR) is 136 cm³/mol. The van der Waals surface area contributed by atoms with Gasteiger partial charge >= 0.3 is 5.91 Å². The van der Waals surface area contributed by atoms with Gasteiger partial charge in [-0.25, -0.2) is 10.4 Å². The normalized spacial score (nSPS) is 12.1. The molecule has 1 amide bonds. The first-order chi connectivity index (χ1) is 16.2. The second kappa shape index (κ2) is 9.43. The number of carbonyl (C=O) groups excluding carboxylic acids is 1. The zero-order valence-corrected chi connectivity index (χ0v) is 19.9. The van der Waals surface area contributed by atoms with E-state index in [1.54, 1.807) is 24.3 Å². The summed E-state index contributed by atoms with van der Waals surface area (Å²) < 4.78 is 1.40. The number of rotatable bonds is 5. The van der Waals surface area contributed by atoms with Crippen LogP contribution in [0.25, 0.3) is 10.9 Å². The van der Waals surface area contributed by atoms with Gasteiger partial charge in [0.15, 0.2) is 0 Å². The van der Waals surface area contributed by atoms with Crippen molar-refractivity contribution < 1.29 is 4.79 Å². The first kappa shape index (κ1) is 23.1. The summed E-state index contributed by atoms with van der Waals surface area (Å²) in [5.41, 5.74) is 6.53. The fourth-order valence-corrected chi connectivity index (χ4v) is 3.71. The lowest BCUT2D eigenvalue weighted by molar-refractivity contribution is 0.0939. The highest BCUT2D eigenvalue weighted by atomic mass is 16.2. The van der Waals surface area contributed by atoms with Crippen LogP contribution in [0.4, 0.5) is 0 Å². The second-order valence-corrected chi connectivity index (χ2v) is 9.29. The minimum atomic E-state index is -0.538. The molecule has 4 aromatic rings. The molecule has 6 heteroatoms. The minimum Gasteiger partial charge on any atom is -0.283 e. The van der Waals surface area contributed by atoms with Crippen LogP contribution in [0.15, 0.2) is 88.8 Å². The Morgan fingerprint density at radius 2 is 1.59 bits per heavy atom. The Morgan fingerprint density at radius 3 is 2.26 bits per heavy atom. The molecule has 0 spiro atoms. The SMILES string of the molecule is C/C(=N/NC(=O)c1nc2ccccc2c(=O)n1Cc1ccccc1)c1ccc(C(C)(C)C)cc1. The Morgan fingerprint density at radius 1 is 0.941 bits per heavy atom. The number of nitrogens with one attached hydrogen (secondary N) is 1. The van der Waals surface area contributed by atoms with E-state index in [9.17, 15) is 9.59 Å². The standard InChI is InChI=1S/C28H28N4O2/c1-19(21-14-16-22(17-15-21)28(2,3)4)30-31-26(33)25-29-24-13-9-8-12-23(24)27(34)32(25)18-20-10-6-5-7-11-20/h5-17H,18H2,1-4H3,(H,31,33)/b30-19-. The van der Waals surface area contributed by atoms with E-state index in [0.29, 0.717) is 16.6 Å². The minimum absolute atomic E-state index is 0.0205. The molecule has 0 unspecified atom stereocenters. The van der Waals surface area contributed by atoms with Crippen LogP contribution in [0.3, 0.4) is 0 Å². The van der Waals surface area contributed by atoms with Gasteiger partial charge in [-0.05, 0) is 41.2 Å². The zero-order valence-electron chi connectivity index (χ0n) is 19.9. The molecule has 0 radical (unpaired) electrons. The summed E-state index contributed by atoms with van der Waals surface area (Å²) in [6.07, 6.45) is 0. The molecule has 0 aliphatic rings. The third kappa shape index (κ3) is 4.96. The number of nitrogens with zero attached hydrogens (tertiary/aromatic N) is 3. The van der Waals surface area contributed by atoms with E-state index in [4.69, 9.17) is 0 Å². The molecule has 0 saturated heterocycles. The summed E-state index contributed by atoms with van der Waals surface area (Å²) in [4.78, 5) is 30.9. The van der Waals surface area contributed by atoms with Crippen molar-refractivity contribution in [2.24, 2.45) is 5.10 Å². The fourth-order valence-electron chi connectivity index (χ4n) is 3.71. The van der Waals surface area contributed by atoms with Crippen molar-refractivity contribution in [2.45, 2.75) is 39.7 Å². The van der Waals surface area contributed by atoms with E-state index in [2.05, 4.69) is 48.4 Å². The molecule has 0 saturated carbocycles. The van der Waals surface area contributed by atoms with Crippen LogP contribution in [0.1, 0.15) is 55.0 Å². The molecule has 0 fully saturated rings. The summed E-state index contributed by atoms with van der Waals surface area (Å²) in [7, 11) is 0. The molecule has 34 heavy (non-hydrogen) atoms. The Labute approximate surface area is 199 Å². The number of carbonyl (C=O) groups is 1. The third-order valence-electron chi connectivity index (χ3n) is 5.74. The summed E-state index contributed by atoms with van der Waals surface area (Å²) in [6, 6.07) is 24.7. The number of hydrogen-bond acceptors (Lipinski definition) is 4. The van der Waals surface area contributed by atoms with Crippen LogP contribution in [-0.4, -0.2) is 21.2 Å². The van der Waals surface area contributed by atoms with E-state index in [1.807, 2.05) is 49.4 Å². The maximum atomic E-state index is 13.2. The van der Waals surface area contributed by atoms with Crippen LogP contribution in [0.5, 0.6) is 0 Å². The number of hydrogen-bond donors (Lipinski definition) is 1. The predicted octanol–water partition coefficient (Wildman–Crippen LogP) is 4.90. The molecule has 172 valence electrons. The lowest BCUT2D eigenvalue weighted by Crippen LogP contribution is -2.32. The van der Waals surface area contributed by atoms with Gasteiger partial charge in [-0.3, -0.25) is 14.2 Å². The van der Waals surface area contributed by atoms with Crippen molar-refractivity contribution in [3.05, 3.63) is 112 Å². The van der Waals surface area contributed by atoms with Gasteiger partial charge < -0.3 is 0 Å². The Bertz CT molecular complexity index is 1410. The molecule has 3 aromatic carbocycles. The second-order valence-electron chi connectivity index (χ2n) is 9.29. The average molecular weight is 453 g/mol. The highest BCUT2D eigenvalue weighted by molar-refractivity contribution is 6.00. The number of para-hydroxylation sites is 1. The van der Waals surface area contributed by atoms with E-state index in [0.717, 1.165) is 11.1 Å². The van der Waals surface area contributed by atoms with Crippen LogP contribution in [0, 0.1) is 0 Å². The summed E-state index contributed by atoms with van der Waals surface area (Å²) in [5, 5.41) is 4.75. The van der Waals surface area contributed by atoms with Crippen molar-refractivity contribution in [2.75, 3.05) is 0 Å².